The molecule has 5 heteroatoms. The zero-order valence-electron chi connectivity index (χ0n) is 9.91. The monoisotopic (exact) mass is 242 g/mol. The first-order valence-electron chi connectivity index (χ1n) is 5.86. The molecule has 0 atom stereocenters. The van der Waals surface area contributed by atoms with Gasteiger partial charge in [0, 0.05) is 19.3 Å². The van der Waals surface area contributed by atoms with E-state index in [1.165, 1.54) is 11.1 Å². The molecule has 92 valence electrons. The maximum Gasteiger partial charge on any atom is 0.244 e. The highest BCUT2D eigenvalue weighted by atomic mass is 16.2. The van der Waals surface area contributed by atoms with Gasteiger partial charge in [0.15, 0.2) is 0 Å². The van der Waals surface area contributed by atoms with Gasteiger partial charge in [-0.1, -0.05) is 24.3 Å². The fraction of sp³-hybridized carbons (Fsp3) is 0.231. The van der Waals surface area contributed by atoms with Gasteiger partial charge in [-0.25, -0.2) is 0 Å². The van der Waals surface area contributed by atoms with Gasteiger partial charge in [0.2, 0.25) is 5.91 Å². The van der Waals surface area contributed by atoms with Crippen LogP contribution in [0.1, 0.15) is 11.1 Å². The lowest BCUT2D eigenvalue weighted by molar-refractivity contribution is -0.132. The van der Waals surface area contributed by atoms with E-state index in [0.29, 0.717) is 18.9 Å². The maximum atomic E-state index is 12.1. The van der Waals surface area contributed by atoms with E-state index in [1.54, 1.807) is 16.9 Å². The molecule has 5 nitrogen and oxygen atoms in total. The van der Waals surface area contributed by atoms with Crippen LogP contribution in [-0.2, 0) is 24.4 Å². The summed E-state index contributed by atoms with van der Waals surface area (Å²) in [5, 5.41) is 4.02. The fourth-order valence-electron chi connectivity index (χ4n) is 2.21. The van der Waals surface area contributed by atoms with Gasteiger partial charge in [-0.3, -0.25) is 9.48 Å². The van der Waals surface area contributed by atoms with Crippen molar-refractivity contribution in [3.8, 4) is 0 Å². The number of nitrogens with two attached hydrogens (primary N) is 1. The van der Waals surface area contributed by atoms with Gasteiger partial charge in [-0.05, 0) is 17.2 Å². The molecule has 1 amide bonds. The fourth-order valence-corrected chi connectivity index (χ4v) is 2.21. The Labute approximate surface area is 105 Å². The summed E-state index contributed by atoms with van der Waals surface area (Å²) in [7, 11) is 0. The highest BCUT2D eigenvalue weighted by Gasteiger charge is 2.22. The van der Waals surface area contributed by atoms with Crippen LogP contribution in [0.15, 0.2) is 36.5 Å². The minimum Gasteiger partial charge on any atom is -0.382 e. The number of carbonyl (C=O) groups excluding carboxylic acids is 1. The number of benzene rings is 1. The molecular weight excluding hydrogens is 228 g/mol. The molecule has 0 aliphatic carbocycles. The molecule has 1 aliphatic rings. The summed E-state index contributed by atoms with van der Waals surface area (Å²) in [6.45, 7) is 1.61. The predicted octanol–water partition coefficient (Wildman–Crippen LogP) is 1.01. The molecule has 1 aromatic carbocycles. The van der Waals surface area contributed by atoms with E-state index in [4.69, 9.17) is 5.73 Å². The van der Waals surface area contributed by atoms with Crippen molar-refractivity contribution in [2.75, 3.05) is 5.73 Å². The number of amides is 1. The second-order valence-corrected chi connectivity index (χ2v) is 4.46. The van der Waals surface area contributed by atoms with Crippen molar-refractivity contribution in [2.24, 2.45) is 0 Å². The predicted molar refractivity (Wildman–Crippen MR) is 67.3 cm³/mol. The molecule has 2 N–H and O–H groups in total. The van der Waals surface area contributed by atoms with E-state index in [9.17, 15) is 4.79 Å². The molecule has 0 saturated heterocycles. The maximum absolute atomic E-state index is 12.1. The first-order valence-corrected chi connectivity index (χ1v) is 5.86. The average Bonchev–Trinajstić information content (AvgIpc) is 2.95. The molecule has 0 unspecified atom stereocenters. The third-order valence-corrected chi connectivity index (χ3v) is 3.15. The molecule has 0 saturated carbocycles. The number of anilines is 1. The van der Waals surface area contributed by atoms with Crippen molar-refractivity contribution >= 4 is 11.7 Å². The van der Waals surface area contributed by atoms with E-state index in [0.717, 1.165) is 0 Å². The van der Waals surface area contributed by atoms with E-state index in [1.807, 2.05) is 17.0 Å². The van der Waals surface area contributed by atoms with Gasteiger partial charge < -0.3 is 10.6 Å². The second-order valence-electron chi connectivity index (χ2n) is 4.46. The quantitative estimate of drug-likeness (QED) is 0.854. The molecule has 0 radical (unpaired) electrons. The molecular formula is C13H14N4O. The Hall–Kier alpha value is -2.30. The van der Waals surface area contributed by atoms with Gasteiger partial charge >= 0.3 is 0 Å². The Bertz CT molecular complexity index is 565. The van der Waals surface area contributed by atoms with Crippen molar-refractivity contribution in [1.29, 1.82) is 0 Å². The molecule has 3 rings (SSSR count). The molecule has 2 heterocycles. The summed E-state index contributed by atoms with van der Waals surface area (Å²) in [4.78, 5) is 14.0. The van der Waals surface area contributed by atoms with Crippen molar-refractivity contribution in [3.05, 3.63) is 47.7 Å². The molecule has 1 aromatic heterocycles. The lowest BCUT2D eigenvalue weighted by atomic mass is 10.1. The van der Waals surface area contributed by atoms with E-state index in [-0.39, 0.29) is 12.5 Å². The minimum atomic E-state index is 0.0642. The highest BCUT2D eigenvalue weighted by Crippen LogP contribution is 2.22. The molecule has 2 aromatic rings. The number of hydrogen-bond donors (Lipinski definition) is 1. The summed E-state index contributed by atoms with van der Waals surface area (Å²) >= 11 is 0. The van der Waals surface area contributed by atoms with E-state index >= 15 is 0 Å². The van der Waals surface area contributed by atoms with Crippen LogP contribution in [0.3, 0.4) is 0 Å². The van der Waals surface area contributed by atoms with Gasteiger partial charge in [-0.2, -0.15) is 5.10 Å². The zero-order chi connectivity index (χ0) is 12.5. The number of nitrogens with zero attached hydrogens (tertiary/aromatic N) is 3. The summed E-state index contributed by atoms with van der Waals surface area (Å²) in [5.41, 5.74) is 7.98. The van der Waals surface area contributed by atoms with Crippen LogP contribution in [0.5, 0.6) is 0 Å². The lowest BCUT2D eigenvalue weighted by Crippen LogP contribution is -2.29. The van der Waals surface area contributed by atoms with Gasteiger partial charge in [0.1, 0.15) is 12.4 Å². The Morgan fingerprint density at radius 1 is 1.22 bits per heavy atom. The highest BCUT2D eigenvalue weighted by molar-refractivity contribution is 5.76. The summed E-state index contributed by atoms with van der Waals surface area (Å²) in [6.07, 6.45) is 1.72. The Morgan fingerprint density at radius 3 is 2.44 bits per heavy atom. The lowest BCUT2D eigenvalue weighted by Gasteiger charge is -2.15. The summed E-state index contributed by atoms with van der Waals surface area (Å²) in [6, 6.07) is 9.82. The normalized spacial score (nSPS) is 13.7. The van der Waals surface area contributed by atoms with Crippen molar-refractivity contribution < 1.29 is 4.79 Å². The van der Waals surface area contributed by atoms with Gasteiger partial charge in [0.05, 0.1) is 0 Å². The van der Waals surface area contributed by atoms with Crippen LogP contribution >= 0.6 is 0 Å². The first kappa shape index (κ1) is 10.8. The summed E-state index contributed by atoms with van der Waals surface area (Å²) < 4.78 is 1.57. The standard InChI is InChI=1S/C13H14N4O/c14-12-5-6-17(15-12)9-13(18)16-7-10-3-1-2-4-11(10)8-16/h1-6H,7-9H2,(H2,14,15). The summed E-state index contributed by atoms with van der Waals surface area (Å²) in [5.74, 6) is 0.502. The van der Waals surface area contributed by atoms with Crippen LogP contribution in [0.2, 0.25) is 0 Å². The number of rotatable bonds is 2. The van der Waals surface area contributed by atoms with Gasteiger partial charge in [0.25, 0.3) is 0 Å². The third-order valence-electron chi connectivity index (χ3n) is 3.15. The largest absolute Gasteiger partial charge is 0.382 e. The number of fused-ring (bicyclic) bond motifs is 1. The Balaban J connectivity index is 1.69. The van der Waals surface area contributed by atoms with Gasteiger partial charge in [-0.15, -0.1) is 0 Å². The third kappa shape index (κ3) is 1.95. The topological polar surface area (TPSA) is 64.2 Å². The number of nitrogen functional groups attached to an aromatic ring is 1. The van der Waals surface area contributed by atoms with Crippen molar-refractivity contribution in [2.45, 2.75) is 19.6 Å². The van der Waals surface area contributed by atoms with Crippen LogP contribution in [0.25, 0.3) is 0 Å². The average molecular weight is 242 g/mol. The van der Waals surface area contributed by atoms with E-state index in [2.05, 4.69) is 17.2 Å². The molecule has 18 heavy (non-hydrogen) atoms. The smallest absolute Gasteiger partial charge is 0.244 e. The number of aromatic nitrogens is 2. The zero-order valence-corrected chi connectivity index (χ0v) is 9.91. The Kier molecular flexibility index (Phi) is 2.51. The first-order chi connectivity index (χ1) is 8.72. The SMILES string of the molecule is Nc1ccn(CC(=O)N2Cc3ccccc3C2)n1. The second kappa shape index (κ2) is 4.18. The molecule has 1 aliphatic heterocycles. The number of hydrogen-bond acceptors (Lipinski definition) is 3. The Morgan fingerprint density at radius 2 is 1.89 bits per heavy atom. The molecule has 0 spiro atoms. The van der Waals surface area contributed by atoms with Crippen LogP contribution in [0, 0.1) is 0 Å². The molecule has 0 bridgehead atoms. The van der Waals surface area contributed by atoms with Crippen molar-refractivity contribution in [3.63, 3.8) is 0 Å². The van der Waals surface area contributed by atoms with Crippen LogP contribution in [0.4, 0.5) is 5.82 Å². The minimum absolute atomic E-state index is 0.0642. The number of carbonyl (C=O) groups is 1. The van der Waals surface area contributed by atoms with Crippen LogP contribution < -0.4 is 5.73 Å². The van der Waals surface area contributed by atoms with Crippen molar-refractivity contribution in [1.82, 2.24) is 14.7 Å². The van der Waals surface area contributed by atoms with E-state index < -0.39 is 0 Å². The van der Waals surface area contributed by atoms with Crippen LogP contribution in [-0.4, -0.2) is 20.6 Å². The molecule has 0 fully saturated rings.